The Morgan fingerprint density at radius 3 is 2.80 bits per heavy atom. The van der Waals surface area contributed by atoms with E-state index in [2.05, 4.69) is 15.9 Å². The van der Waals surface area contributed by atoms with Crippen molar-refractivity contribution < 1.29 is 9.52 Å². The minimum absolute atomic E-state index is 0.221. The molecule has 0 bridgehead atoms. The highest BCUT2D eigenvalue weighted by molar-refractivity contribution is 9.10. The minimum atomic E-state index is 0.221. The fourth-order valence-corrected chi connectivity index (χ4v) is 1.08. The quantitative estimate of drug-likeness (QED) is 0.818. The molecule has 1 aromatic rings. The largest absolute Gasteiger partial charge is 0.454 e. The van der Waals surface area contributed by atoms with E-state index in [-0.39, 0.29) is 6.61 Å². The van der Waals surface area contributed by atoms with Gasteiger partial charge in [0, 0.05) is 13.0 Å². The van der Waals surface area contributed by atoms with Crippen LogP contribution in [0.5, 0.6) is 0 Å². The van der Waals surface area contributed by atoms with E-state index in [1.54, 1.807) is 0 Å². The molecule has 2 nitrogen and oxygen atoms in total. The molecule has 0 unspecified atom stereocenters. The lowest BCUT2D eigenvalue weighted by molar-refractivity contribution is 0.284. The molecule has 0 aliphatic rings. The molecule has 1 heterocycles. The van der Waals surface area contributed by atoms with Gasteiger partial charge in [0.25, 0.3) is 0 Å². The van der Waals surface area contributed by atoms with E-state index in [0.29, 0.717) is 0 Å². The second kappa shape index (κ2) is 3.78. The van der Waals surface area contributed by atoms with Crippen molar-refractivity contribution in [1.82, 2.24) is 0 Å². The molecule has 56 valence electrons. The van der Waals surface area contributed by atoms with Crippen LogP contribution in [0.4, 0.5) is 0 Å². The Bertz CT molecular complexity index is 195. The first-order valence-corrected chi connectivity index (χ1v) is 3.97. The first-order chi connectivity index (χ1) is 4.83. The van der Waals surface area contributed by atoms with Gasteiger partial charge in [0.1, 0.15) is 5.76 Å². The normalized spacial score (nSPS) is 10.2. The summed E-state index contributed by atoms with van der Waals surface area (Å²) in [4.78, 5) is 0. The molecule has 0 radical (unpaired) electrons. The van der Waals surface area contributed by atoms with Gasteiger partial charge in [-0.05, 0) is 34.5 Å². The average Bonchev–Trinajstić information content (AvgIpc) is 2.31. The molecule has 10 heavy (non-hydrogen) atoms. The summed E-state index contributed by atoms with van der Waals surface area (Å²) in [6, 6.07) is 3.76. The van der Waals surface area contributed by atoms with Gasteiger partial charge < -0.3 is 9.52 Å². The number of hydrogen-bond donors (Lipinski definition) is 1. The Balaban J connectivity index is 2.42. The van der Waals surface area contributed by atoms with Crippen molar-refractivity contribution in [3.05, 3.63) is 22.6 Å². The SMILES string of the molecule is OCCCc1ccc(Br)o1. The van der Waals surface area contributed by atoms with Crippen LogP contribution >= 0.6 is 15.9 Å². The van der Waals surface area contributed by atoms with Crippen LogP contribution in [-0.2, 0) is 6.42 Å². The Kier molecular flexibility index (Phi) is 2.96. The van der Waals surface area contributed by atoms with Crippen LogP contribution in [0.25, 0.3) is 0 Å². The van der Waals surface area contributed by atoms with Gasteiger partial charge in [-0.3, -0.25) is 0 Å². The predicted octanol–water partition coefficient (Wildman–Crippen LogP) is 1.97. The molecule has 0 saturated heterocycles. The minimum Gasteiger partial charge on any atom is -0.454 e. The molecule has 0 atom stereocenters. The number of aryl methyl sites for hydroxylation is 1. The molecular formula is C7H9BrO2. The number of aliphatic hydroxyl groups is 1. The van der Waals surface area contributed by atoms with Gasteiger partial charge in [0.15, 0.2) is 4.67 Å². The first-order valence-electron chi connectivity index (χ1n) is 3.18. The smallest absolute Gasteiger partial charge is 0.169 e. The van der Waals surface area contributed by atoms with Gasteiger partial charge in [-0.2, -0.15) is 0 Å². The van der Waals surface area contributed by atoms with Crippen LogP contribution in [0, 0.1) is 0 Å². The van der Waals surface area contributed by atoms with Crippen molar-refractivity contribution in [2.75, 3.05) is 6.61 Å². The van der Waals surface area contributed by atoms with Crippen molar-refractivity contribution in [2.45, 2.75) is 12.8 Å². The molecule has 1 rings (SSSR count). The van der Waals surface area contributed by atoms with Crippen molar-refractivity contribution in [3.8, 4) is 0 Å². The lowest BCUT2D eigenvalue weighted by Gasteiger charge is -1.90. The van der Waals surface area contributed by atoms with Crippen LogP contribution in [0.3, 0.4) is 0 Å². The van der Waals surface area contributed by atoms with Gasteiger partial charge in [0.2, 0.25) is 0 Å². The first kappa shape index (κ1) is 7.82. The zero-order valence-electron chi connectivity index (χ0n) is 5.51. The molecular weight excluding hydrogens is 196 g/mol. The molecule has 1 N–H and O–H groups in total. The van der Waals surface area contributed by atoms with E-state index in [9.17, 15) is 0 Å². The van der Waals surface area contributed by atoms with Crippen LogP contribution in [0.2, 0.25) is 0 Å². The summed E-state index contributed by atoms with van der Waals surface area (Å²) < 4.78 is 5.94. The van der Waals surface area contributed by atoms with E-state index in [0.717, 1.165) is 23.3 Å². The van der Waals surface area contributed by atoms with Gasteiger partial charge in [-0.25, -0.2) is 0 Å². The highest BCUT2D eigenvalue weighted by atomic mass is 79.9. The summed E-state index contributed by atoms with van der Waals surface area (Å²) in [5.41, 5.74) is 0. The zero-order chi connectivity index (χ0) is 7.40. The summed E-state index contributed by atoms with van der Waals surface area (Å²) >= 11 is 3.19. The van der Waals surface area contributed by atoms with E-state index in [1.165, 1.54) is 0 Å². The van der Waals surface area contributed by atoms with Crippen LogP contribution in [0.1, 0.15) is 12.2 Å². The third-order valence-electron chi connectivity index (χ3n) is 1.21. The average molecular weight is 205 g/mol. The molecule has 0 spiro atoms. The molecule has 0 aliphatic heterocycles. The van der Waals surface area contributed by atoms with E-state index < -0.39 is 0 Å². The second-order valence-electron chi connectivity index (χ2n) is 2.03. The topological polar surface area (TPSA) is 33.4 Å². The maximum absolute atomic E-state index is 8.48. The molecule has 1 aromatic heterocycles. The zero-order valence-corrected chi connectivity index (χ0v) is 7.10. The highest BCUT2D eigenvalue weighted by Gasteiger charge is 1.97. The Hall–Kier alpha value is -0.280. The number of rotatable bonds is 3. The Labute approximate surface area is 68.0 Å². The summed E-state index contributed by atoms with van der Waals surface area (Å²) in [7, 11) is 0. The van der Waals surface area contributed by atoms with Crippen LogP contribution < -0.4 is 0 Å². The number of hydrogen-bond acceptors (Lipinski definition) is 2. The molecule has 0 aromatic carbocycles. The van der Waals surface area contributed by atoms with Gasteiger partial charge in [-0.1, -0.05) is 0 Å². The summed E-state index contributed by atoms with van der Waals surface area (Å²) in [5.74, 6) is 0.918. The monoisotopic (exact) mass is 204 g/mol. The fourth-order valence-electron chi connectivity index (χ4n) is 0.739. The number of furan rings is 1. The molecule has 0 aliphatic carbocycles. The number of aliphatic hydroxyl groups excluding tert-OH is 1. The standard InChI is InChI=1S/C7H9BrO2/c8-7-4-3-6(10-7)2-1-5-9/h3-4,9H,1-2,5H2. The molecule has 0 fully saturated rings. The number of halogens is 1. The highest BCUT2D eigenvalue weighted by Crippen LogP contribution is 2.14. The van der Waals surface area contributed by atoms with Crippen molar-refractivity contribution in [3.63, 3.8) is 0 Å². The molecule has 3 heteroatoms. The van der Waals surface area contributed by atoms with Crippen LogP contribution in [-0.4, -0.2) is 11.7 Å². The summed E-state index contributed by atoms with van der Waals surface area (Å²) in [5, 5.41) is 8.48. The van der Waals surface area contributed by atoms with Crippen molar-refractivity contribution in [1.29, 1.82) is 0 Å². The van der Waals surface area contributed by atoms with Crippen LogP contribution in [0.15, 0.2) is 21.2 Å². The second-order valence-corrected chi connectivity index (χ2v) is 2.81. The van der Waals surface area contributed by atoms with Gasteiger partial charge in [-0.15, -0.1) is 0 Å². The van der Waals surface area contributed by atoms with Gasteiger partial charge >= 0.3 is 0 Å². The van der Waals surface area contributed by atoms with Gasteiger partial charge in [0.05, 0.1) is 0 Å². The maximum Gasteiger partial charge on any atom is 0.169 e. The third-order valence-corrected chi connectivity index (χ3v) is 1.64. The Morgan fingerprint density at radius 1 is 1.50 bits per heavy atom. The van der Waals surface area contributed by atoms with E-state index >= 15 is 0 Å². The van der Waals surface area contributed by atoms with E-state index in [1.807, 2.05) is 12.1 Å². The Morgan fingerprint density at radius 2 is 2.30 bits per heavy atom. The summed E-state index contributed by atoms with van der Waals surface area (Å²) in [6.07, 6.45) is 1.57. The predicted molar refractivity (Wildman–Crippen MR) is 41.8 cm³/mol. The molecule has 0 saturated carbocycles. The maximum atomic E-state index is 8.48. The lowest BCUT2D eigenvalue weighted by atomic mass is 10.3. The molecule has 0 amide bonds. The van der Waals surface area contributed by atoms with E-state index in [4.69, 9.17) is 9.52 Å². The summed E-state index contributed by atoms with van der Waals surface area (Å²) in [6.45, 7) is 0.221. The lowest BCUT2D eigenvalue weighted by Crippen LogP contribution is -1.85. The van der Waals surface area contributed by atoms with Crippen molar-refractivity contribution >= 4 is 15.9 Å². The fraction of sp³-hybridized carbons (Fsp3) is 0.429. The van der Waals surface area contributed by atoms with Crippen molar-refractivity contribution in [2.24, 2.45) is 0 Å². The third kappa shape index (κ3) is 2.15.